The van der Waals surface area contributed by atoms with Crippen LogP contribution in [0.2, 0.25) is 5.02 Å². The molecule has 1 N–H and O–H groups in total. The number of imidazole rings is 1. The molecule has 1 atom stereocenters. The first-order valence-electron chi connectivity index (χ1n) is 16.1. The van der Waals surface area contributed by atoms with Gasteiger partial charge in [0.2, 0.25) is 5.89 Å². The van der Waals surface area contributed by atoms with Gasteiger partial charge < -0.3 is 23.9 Å². The van der Waals surface area contributed by atoms with Gasteiger partial charge in [0.1, 0.15) is 5.52 Å². The van der Waals surface area contributed by atoms with Crippen LogP contribution in [-0.2, 0) is 36.1 Å². The standard InChI is InChI=1S/C36H38ClN7O4/c1-20-24(26-15-38-16-29(21(26)2)40-34(45)33-39-30-19-42(3)11-10-31(30)43(33)4)7-6-8-25(20)35-41-28-14-22(13-27(37)32(28)48-35)17-44-12-9-23(18-44)36(46)47-5/h6-8,13-16,23H,9-12,17-19H2,1-5H3,(H,40,45)/t23-/m1/s1. The molecule has 2 aromatic carbocycles. The van der Waals surface area contributed by atoms with Crippen LogP contribution in [0, 0.1) is 19.8 Å². The molecule has 0 unspecified atom stereocenters. The van der Waals surface area contributed by atoms with Crippen molar-refractivity contribution in [3.63, 3.8) is 0 Å². The van der Waals surface area contributed by atoms with Crippen molar-refractivity contribution in [1.29, 1.82) is 0 Å². The average Bonchev–Trinajstić information content (AvgIpc) is 3.79. The Morgan fingerprint density at radius 2 is 1.88 bits per heavy atom. The van der Waals surface area contributed by atoms with E-state index in [1.807, 2.05) is 62.0 Å². The predicted molar refractivity (Wildman–Crippen MR) is 184 cm³/mol. The minimum absolute atomic E-state index is 0.104. The molecule has 5 aromatic rings. The summed E-state index contributed by atoms with van der Waals surface area (Å²) in [7, 11) is 5.39. The van der Waals surface area contributed by atoms with Crippen molar-refractivity contribution in [3.05, 3.63) is 81.7 Å². The number of methoxy groups -OCH3 is 1. The molecular formula is C36H38ClN7O4. The fourth-order valence-corrected chi connectivity index (χ4v) is 7.24. The number of nitrogens with zero attached hydrogens (tertiary/aromatic N) is 6. The van der Waals surface area contributed by atoms with Crippen molar-refractivity contribution in [2.24, 2.45) is 13.0 Å². The monoisotopic (exact) mass is 667 g/mol. The number of halogens is 1. The number of likely N-dealkylation sites (N-methyl/N-ethyl adjacent to an activating group) is 1. The van der Waals surface area contributed by atoms with E-state index in [4.69, 9.17) is 25.7 Å². The number of fused-ring (bicyclic) bond motifs is 2. The van der Waals surface area contributed by atoms with Crippen LogP contribution in [0.25, 0.3) is 33.7 Å². The molecule has 5 heterocycles. The average molecular weight is 668 g/mol. The van der Waals surface area contributed by atoms with E-state index in [2.05, 4.69) is 32.1 Å². The number of aromatic nitrogens is 4. The van der Waals surface area contributed by atoms with Crippen LogP contribution >= 0.6 is 11.6 Å². The van der Waals surface area contributed by atoms with Crippen LogP contribution in [0.5, 0.6) is 0 Å². The number of esters is 1. The number of hydrogen-bond donors (Lipinski definition) is 1. The molecule has 12 heteroatoms. The number of carbonyl (C=O) groups is 2. The van der Waals surface area contributed by atoms with Gasteiger partial charge in [0.15, 0.2) is 11.4 Å². The Morgan fingerprint density at radius 1 is 1.06 bits per heavy atom. The summed E-state index contributed by atoms with van der Waals surface area (Å²) in [4.78, 5) is 43.9. The third kappa shape index (κ3) is 5.86. The summed E-state index contributed by atoms with van der Waals surface area (Å²) in [5.74, 6) is 0.324. The number of rotatable bonds is 7. The molecule has 248 valence electrons. The molecule has 7 rings (SSSR count). The van der Waals surface area contributed by atoms with Gasteiger partial charge in [-0.3, -0.25) is 19.5 Å². The Morgan fingerprint density at radius 3 is 2.69 bits per heavy atom. The minimum Gasteiger partial charge on any atom is -0.469 e. The molecule has 11 nitrogen and oxygen atoms in total. The number of nitrogens with one attached hydrogen (secondary N) is 1. The smallest absolute Gasteiger partial charge is 0.310 e. The van der Waals surface area contributed by atoms with E-state index in [0.29, 0.717) is 46.6 Å². The maximum absolute atomic E-state index is 13.4. The van der Waals surface area contributed by atoms with Crippen molar-refractivity contribution in [3.8, 4) is 22.6 Å². The van der Waals surface area contributed by atoms with Crippen molar-refractivity contribution in [2.75, 3.05) is 39.1 Å². The van der Waals surface area contributed by atoms with Crippen molar-refractivity contribution >= 4 is 40.3 Å². The highest BCUT2D eigenvalue weighted by atomic mass is 35.5. The molecule has 2 aliphatic rings. The zero-order valence-corrected chi connectivity index (χ0v) is 28.5. The lowest BCUT2D eigenvalue weighted by atomic mass is 9.94. The molecule has 1 fully saturated rings. The highest BCUT2D eigenvalue weighted by molar-refractivity contribution is 6.34. The van der Waals surface area contributed by atoms with E-state index >= 15 is 0 Å². The second-order valence-electron chi connectivity index (χ2n) is 12.9. The number of hydrogen-bond acceptors (Lipinski definition) is 9. The largest absolute Gasteiger partial charge is 0.469 e. The number of amides is 1. The highest BCUT2D eigenvalue weighted by Crippen LogP contribution is 2.37. The fraction of sp³-hybridized carbons (Fsp3) is 0.361. The lowest BCUT2D eigenvalue weighted by molar-refractivity contribution is -0.144. The van der Waals surface area contributed by atoms with Crippen LogP contribution in [0.4, 0.5) is 5.69 Å². The maximum atomic E-state index is 13.4. The van der Waals surface area contributed by atoms with Gasteiger partial charge in [-0.15, -0.1) is 0 Å². The zero-order chi connectivity index (χ0) is 33.7. The van der Waals surface area contributed by atoms with Gasteiger partial charge in [0.25, 0.3) is 5.91 Å². The van der Waals surface area contributed by atoms with Crippen LogP contribution in [0.15, 0.2) is 47.1 Å². The van der Waals surface area contributed by atoms with Crippen LogP contribution in [-0.4, -0.2) is 75.0 Å². The lowest BCUT2D eigenvalue weighted by Crippen LogP contribution is -2.27. The van der Waals surface area contributed by atoms with Crippen molar-refractivity contribution in [1.82, 2.24) is 29.3 Å². The van der Waals surface area contributed by atoms with Gasteiger partial charge in [-0.2, -0.15) is 0 Å². The second kappa shape index (κ2) is 12.8. The van der Waals surface area contributed by atoms with E-state index in [9.17, 15) is 9.59 Å². The molecule has 0 aliphatic carbocycles. The Balaban J connectivity index is 1.14. The number of oxazole rings is 1. The van der Waals surface area contributed by atoms with Crippen LogP contribution < -0.4 is 5.32 Å². The summed E-state index contributed by atoms with van der Waals surface area (Å²) < 4.78 is 13.1. The molecule has 48 heavy (non-hydrogen) atoms. The maximum Gasteiger partial charge on any atom is 0.310 e. The van der Waals surface area contributed by atoms with Crippen LogP contribution in [0.1, 0.15) is 45.1 Å². The minimum atomic E-state index is -0.266. The van der Waals surface area contributed by atoms with Gasteiger partial charge >= 0.3 is 5.97 Å². The normalized spacial score (nSPS) is 16.8. The third-order valence-corrected chi connectivity index (χ3v) is 9.97. The summed E-state index contributed by atoms with van der Waals surface area (Å²) >= 11 is 6.71. The molecule has 1 saturated heterocycles. The first kappa shape index (κ1) is 32.0. The molecule has 0 saturated carbocycles. The number of carbonyl (C=O) groups excluding carboxylic acids is 2. The zero-order valence-electron chi connectivity index (χ0n) is 27.8. The number of pyridine rings is 1. The Kier molecular flexibility index (Phi) is 8.53. The van der Waals surface area contributed by atoms with Gasteiger partial charge in [0.05, 0.1) is 35.6 Å². The Labute approximate surface area is 283 Å². The molecule has 3 aromatic heterocycles. The van der Waals surface area contributed by atoms with Gasteiger partial charge in [-0.25, -0.2) is 9.97 Å². The summed E-state index contributed by atoms with van der Waals surface area (Å²) in [5, 5.41) is 3.55. The van der Waals surface area contributed by atoms with E-state index in [1.54, 1.807) is 6.20 Å². The van der Waals surface area contributed by atoms with Gasteiger partial charge in [-0.05, 0) is 74.3 Å². The molecular weight excluding hydrogens is 630 g/mol. The summed E-state index contributed by atoms with van der Waals surface area (Å²) in [6.07, 6.45) is 5.12. The highest BCUT2D eigenvalue weighted by Gasteiger charge is 2.29. The number of likely N-dealkylation sites (tertiary alicyclic amines) is 1. The fourth-order valence-electron chi connectivity index (χ4n) is 6.97. The quantitative estimate of drug-likeness (QED) is 0.215. The second-order valence-corrected chi connectivity index (χ2v) is 13.3. The van der Waals surface area contributed by atoms with E-state index < -0.39 is 0 Å². The molecule has 2 aliphatic heterocycles. The molecule has 0 radical (unpaired) electrons. The summed E-state index contributed by atoms with van der Waals surface area (Å²) in [5.41, 5.74) is 9.40. The molecule has 0 spiro atoms. The van der Waals surface area contributed by atoms with E-state index in [-0.39, 0.29) is 17.8 Å². The number of benzene rings is 2. The van der Waals surface area contributed by atoms with Gasteiger partial charge in [-0.1, -0.05) is 23.7 Å². The molecule has 0 bridgehead atoms. The lowest BCUT2D eigenvalue weighted by Gasteiger charge is -2.21. The number of ether oxygens (including phenoxy) is 1. The van der Waals surface area contributed by atoms with Crippen LogP contribution in [0.3, 0.4) is 0 Å². The van der Waals surface area contributed by atoms with Gasteiger partial charge in [0, 0.05) is 62.7 Å². The number of anilines is 1. The molecule has 1 amide bonds. The first-order chi connectivity index (χ1) is 23.1. The summed E-state index contributed by atoms with van der Waals surface area (Å²) in [6.45, 7) is 7.79. The van der Waals surface area contributed by atoms with E-state index in [0.717, 1.165) is 77.2 Å². The topological polar surface area (TPSA) is 119 Å². The van der Waals surface area contributed by atoms with Crippen molar-refractivity contribution < 1.29 is 18.7 Å². The predicted octanol–water partition coefficient (Wildman–Crippen LogP) is 5.80. The van der Waals surface area contributed by atoms with Crippen molar-refractivity contribution in [2.45, 2.75) is 39.8 Å². The third-order valence-electron chi connectivity index (χ3n) is 9.69. The Bertz CT molecular complexity index is 2070. The SMILES string of the molecule is COC(=O)[C@@H]1CCN(Cc2cc(Cl)c3oc(-c4cccc(-c5cncc(NC(=O)c6nc7c(n6C)CCN(C)C7)c5C)c4C)nc3c2)C1. The van der Waals surface area contributed by atoms with E-state index in [1.165, 1.54) is 7.11 Å². The summed E-state index contributed by atoms with van der Waals surface area (Å²) in [6, 6.07) is 9.87. The first-order valence-corrected chi connectivity index (χ1v) is 16.5. The Hall–Kier alpha value is -4.58.